The van der Waals surface area contributed by atoms with E-state index in [1.54, 1.807) is 6.08 Å². The van der Waals surface area contributed by atoms with Gasteiger partial charge in [-0.2, -0.15) is 26.3 Å². The van der Waals surface area contributed by atoms with Gasteiger partial charge in [0.25, 0.3) is 0 Å². The second-order valence-corrected chi connectivity index (χ2v) is 12.7. The highest BCUT2D eigenvalue weighted by Gasteiger charge is 2.61. The highest BCUT2D eigenvalue weighted by molar-refractivity contribution is 8.14. The van der Waals surface area contributed by atoms with Gasteiger partial charge in [-0.15, -0.1) is 0 Å². The third-order valence-corrected chi connectivity index (χ3v) is 11.2. The van der Waals surface area contributed by atoms with E-state index in [1.165, 1.54) is 11.8 Å². The van der Waals surface area contributed by atoms with Crippen molar-refractivity contribution in [1.82, 2.24) is 0 Å². The van der Waals surface area contributed by atoms with Gasteiger partial charge in [-0.25, -0.2) is 0 Å². The van der Waals surface area contributed by atoms with Gasteiger partial charge in [0.1, 0.15) is 0 Å². The lowest BCUT2D eigenvalue weighted by Crippen LogP contribution is -2.53. The van der Waals surface area contributed by atoms with Crippen molar-refractivity contribution < 1.29 is 35.9 Å². The summed E-state index contributed by atoms with van der Waals surface area (Å²) in [7, 11) is 0. The highest BCUT2D eigenvalue weighted by atomic mass is 32.2. The van der Waals surface area contributed by atoms with Crippen molar-refractivity contribution in [3.63, 3.8) is 0 Å². The smallest absolute Gasteiger partial charge is 0.325 e. The van der Waals surface area contributed by atoms with Gasteiger partial charge in [0.05, 0.1) is 16.8 Å². The van der Waals surface area contributed by atoms with Crippen molar-refractivity contribution in [3.8, 4) is 0 Å². The van der Waals surface area contributed by atoms with Gasteiger partial charge in [-0.05, 0) is 79.9 Å². The van der Waals surface area contributed by atoms with Gasteiger partial charge in [-0.1, -0.05) is 37.8 Å². The molecular formula is C27H29F6NO2S. The van der Waals surface area contributed by atoms with E-state index in [4.69, 9.17) is 0 Å². The van der Waals surface area contributed by atoms with Crippen molar-refractivity contribution in [2.45, 2.75) is 70.0 Å². The second kappa shape index (κ2) is 8.78. The molecule has 7 atom stereocenters. The molecule has 1 aromatic rings. The van der Waals surface area contributed by atoms with Crippen LogP contribution in [0.2, 0.25) is 0 Å². The minimum absolute atomic E-state index is 0.0759. The molecule has 3 nitrogen and oxygen atoms in total. The first-order valence-corrected chi connectivity index (χ1v) is 13.5. The number of rotatable bonds is 2. The third kappa shape index (κ3) is 4.31. The summed E-state index contributed by atoms with van der Waals surface area (Å²) in [6.45, 7) is 4.23. The summed E-state index contributed by atoms with van der Waals surface area (Å²) in [5.41, 5.74) is -5.09. The van der Waals surface area contributed by atoms with E-state index < -0.39 is 46.4 Å². The zero-order valence-electron chi connectivity index (χ0n) is 20.5. The molecule has 1 N–H and O–H groups in total. The SMILES string of the molecule is C[C@]12C=CC(=O)S[C@@H]1CC[C@@H]1[C@@H]2CC[C@]2(C)[C@@H](C(=O)Nc3cccc(C(F)(F)F)c3C(F)(F)F)CC[C@@H]12. The first-order chi connectivity index (χ1) is 17.2. The summed E-state index contributed by atoms with van der Waals surface area (Å²) >= 11 is 1.40. The largest absolute Gasteiger partial charge is 0.419 e. The standard InChI is InChI=1S/C27H29F6NO2S/c1-24-12-10-16-14(6-9-20-25(16,2)13-11-21(35)37-20)15(24)7-8-18(24)23(36)34-19-5-3-4-17(26(28,29)30)22(19)27(31,32)33/h3-5,11,13-16,18,20H,6-10,12H2,1-2H3,(H,34,36)/t14-,15-,16-,18+,20+,24-,25+/m0/s1. The summed E-state index contributed by atoms with van der Waals surface area (Å²) in [5, 5.41) is 2.54. The van der Waals surface area contributed by atoms with Gasteiger partial charge in [-0.3, -0.25) is 9.59 Å². The van der Waals surface area contributed by atoms with Gasteiger partial charge >= 0.3 is 12.4 Å². The molecule has 0 spiro atoms. The Balaban J connectivity index is 1.41. The maximum atomic E-state index is 13.7. The van der Waals surface area contributed by atoms with E-state index >= 15 is 0 Å². The number of hydrogen-bond acceptors (Lipinski definition) is 3. The molecule has 37 heavy (non-hydrogen) atoms. The lowest BCUT2D eigenvalue weighted by Gasteiger charge is -2.58. The molecule has 0 saturated heterocycles. The minimum Gasteiger partial charge on any atom is -0.325 e. The minimum atomic E-state index is -5.28. The number of allylic oxidation sites excluding steroid dienone is 1. The van der Waals surface area contributed by atoms with Crippen LogP contribution < -0.4 is 5.32 Å². The van der Waals surface area contributed by atoms with Crippen LogP contribution in [0.3, 0.4) is 0 Å². The van der Waals surface area contributed by atoms with E-state index in [0.717, 1.165) is 37.8 Å². The average molecular weight is 546 g/mol. The Kier molecular flexibility index (Phi) is 6.32. The van der Waals surface area contributed by atoms with Crippen LogP contribution >= 0.6 is 11.8 Å². The number of carbonyl (C=O) groups is 2. The molecule has 3 aliphatic carbocycles. The van der Waals surface area contributed by atoms with Gasteiger partial charge in [0.15, 0.2) is 0 Å². The quantitative estimate of drug-likeness (QED) is 0.387. The molecule has 1 aliphatic heterocycles. The van der Waals surface area contributed by atoms with Crippen LogP contribution in [0.5, 0.6) is 0 Å². The lowest BCUT2D eigenvalue weighted by molar-refractivity contribution is -0.161. The van der Waals surface area contributed by atoms with Crippen LogP contribution in [0, 0.1) is 34.5 Å². The fourth-order valence-electron chi connectivity index (χ4n) is 8.05. The fraction of sp³-hybridized carbons (Fsp3) is 0.630. The van der Waals surface area contributed by atoms with E-state index in [-0.39, 0.29) is 21.7 Å². The third-order valence-electron chi connectivity index (χ3n) is 9.76. The maximum Gasteiger partial charge on any atom is 0.419 e. The topological polar surface area (TPSA) is 46.2 Å². The number of fused-ring (bicyclic) bond motifs is 5. The number of thioether (sulfide) groups is 1. The molecule has 10 heteroatoms. The Labute approximate surface area is 215 Å². The molecule has 1 aromatic carbocycles. The summed E-state index contributed by atoms with van der Waals surface area (Å²) in [6.07, 6.45) is -2.17. The van der Waals surface area contributed by atoms with Crippen LogP contribution in [0.4, 0.5) is 32.0 Å². The molecule has 0 radical (unpaired) electrons. The molecule has 0 bridgehead atoms. The number of hydrogen-bond donors (Lipinski definition) is 1. The predicted molar refractivity (Wildman–Crippen MR) is 128 cm³/mol. The molecule has 3 saturated carbocycles. The van der Waals surface area contributed by atoms with Gasteiger partial charge in [0, 0.05) is 16.6 Å². The highest BCUT2D eigenvalue weighted by Crippen LogP contribution is 2.66. The Hall–Kier alpha value is -1.97. The fourth-order valence-corrected chi connectivity index (χ4v) is 9.24. The Morgan fingerprint density at radius 3 is 2.38 bits per heavy atom. The second-order valence-electron chi connectivity index (χ2n) is 11.5. The maximum absolute atomic E-state index is 13.7. The molecule has 202 valence electrons. The molecule has 5 rings (SSSR count). The number of anilines is 1. The van der Waals surface area contributed by atoms with Crippen molar-refractivity contribution in [3.05, 3.63) is 41.5 Å². The molecule has 0 unspecified atom stereocenters. The van der Waals surface area contributed by atoms with E-state index in [1.807, 2.05) is 6.92 Å². The van der Waals surface area contributed by atoms with Crippen LogP contribution in [-0.2, 0) is 21.9 Å². The number of benzene rings is 1. The Morgan fingerprint density at radius 2 is 1.70 bits per heavy atom. The number of alkyl halides is 6. The zero-order chi connectivity index (χ0) is 27.0. The first kappa shape index (κ1) is 26.6. The Bertz CT molecular complexity index is 1150. The molecular weight excluding hydrogens is 516 g/mol. The zero-order valence-corrected chi connectivity index (χ0v) is 21.3. The normalized spacial score (nSPS) is 37.5. The molecule has 1 heterocycles. The van der Waals surface area contributed by atoms with Crippen LogP contribution in [0.15, 0.2) is 30.4 Å². The van der Waals surface area contributed by atoms with Crippen molar-refractivity contribution in [2.75, 3.05) is 5.32 Å². The molecule has 3 fully saturated rings. The summed E-state index contributed by atoms with van der Waals surface area (Å²) in [4.78, 5) is 25.4. The summed E-state index contributed by atoms with van der Waals surface area (Å²) < 4.78 is 81.2. The number of nitrogens with one attached hydrogen (secondary N) is 1. The molecule has 0 aromatic heterocycles. The first-order valence-electron chi connectivity index (χ1n) is 12.6. The lowest BCUT2D eigenvalue weighted by atomic mass is 9.49. The van der Waals surface area contributed by atoms with E-state index in [0.29, 0.717) is 30.7 Å². The van der Waals surface area contributed by atoms with Gasteiger partial charge in [0.2, 0.25) is 11.0 Å². The van der Waals surface area contributed by atoms with Crippen molar-refractivity contribution in [1.29, 1.82) is 0 Å². The molecule has 1 amide bonds. The van der Waals surface area contributed by atoms with Crippen LogP contribution in [0.1, 0.15) is 63.5 Å². The molecule has 4 aliphatic rings. The number of carbonyl (C=O) groups excluding carboxylic acids is 2. The Morgan fingerprint density at radius 1 is 0.973 bits per heavy atom. The average Bonchev–Trinajstić information content (AvgIpc) is 3.15. The predicted octanol–water partition coefficient (Wildman–Crippen LogP) is 7.72. The van der Waals surface area contributed by atoms with Gasteiger partial charge < -0.3 is 5.32 Å². The number of amides is 1. The van der Waals surface area contributed by atoms with Crippen LogP contribution in [-0.4, -0.2) is 16.3 Å². The van der Waals surface area contributed by atoms with Crippen molar-refractivity contribution >= 4 is 28.5 Å². The van der Waals surface area contributed by atoms with Crippen LogP contribution in [0.25, 0.3) is 0 Å². The summed E-state index contributed by atoms with van der Waals surface area (Å²) in [6, 6.07) is 2.16. The summed E-state index contributed by atoms with van der Waals surface area (Å²) in [5.74, 6) is -0.359. The van der Waals surface area contributed by atoms with Crippen molar-refractivity contribution in [2.24, 2.45) is 34.5 Å². The number of halogens is 6. The monoisotopic (exact) mass is 545 g/mol. The van der Waals surface area contributed by atoms with E-state index in [2.05, 4.69) is 18.3 Å². The van der Waals surface area contributed by atoms with E-state index in [9.17, 15) is 35.9 Å².